The maximum absolute atomic E-state index is 17.1. The number of rotatable bonds is 4. The first-order chi connectivity index (χ1) is 22.1. The molecule has 5 heterocycles. The van der Waals surface area contributed by atoms with Crippen LogP contribution in [0, 0.1) is 23.0 Å². The number of nitriles is 1. The van der Waals surface area contributed by atoms with E-state index < -0.39 is 35.0 Å². The molecule has 4 aliphatic rings. The zero-order chi connectivity index (χ0) is 32.1. The summed E-state index contributed by atoms with van der Waals surface area (Å²) in [5, 5.41) is 20.6. The third-order valence-electron chi connectivity index (χ3n) is 10.4. The van der Waals surface area contributed by atoms with Crippen molar-refractivity contribution in [3.8, 4) is 29.0 Å². The standard InChI is InChI=1S/C32H30ClF3N6O3S/c1-41-29-22-25(39-30(40-29)45-14-32-5-2-7-42(32)13-15(34)9-32)24(36)21(23(33)26(22)44-8-6-31(41)10-16(43)11-31)17-3-4-19(35)27-20(17)18(12-37)28(38)46-27/h3-4,15-16,43H,2,5-11,13-14,38H2,1H3/t15-,16?,31?,32+/m1/s1. The number of anilines is 2. The van der Waals surface area contributed by atoms with Crippen molar-refractivity contribution in [3.63, 3.8) is 0 Å². The van der Waals surface area contributed by atoms with Crippen molar-refractivity contribution in [1.82, 2.24) is 14.9 Å². The third-order valence-corrected chi connectivity index (χ3v) is 11.8. The maximum Gasteiger partial charge on any atom is 0.319 e. The summed E-state index contributed by atoms with van der Waals surface area (Å²) in [6.07, 6.45) is 2.06. The highest BCUT2D eigenvalue weighted by Gasteiger charge is 2.51. The Balaban J connectivity index is 1.35. The van der Waals surface area contributed by atoms with Gasteiger partial charge in [-0.15, -0.1) is 11.3 Å². The number of aliphatic hydroxyl groups is 1. The van der Waals surface area contributed by atoms with Crippen molar-refractivity contribution in [1.29, 1.82) is 5.26 Å². The molecule has 1 spiro atoms. The molecule has 1 saturated carbocycles. The second-order valence-electron chi connectivity index (χ2n) is 12.9. The molecule has 14 heteroatoms. The van der Waals surface area contributed by atoms with Crippen LogP contribution in [0.25, 0.3) is 32.1 Å². The van der Waals surface area contributed by atoms with E-state index in [9.17, 15) is 19.1 Å². The Labute approximate surface area is 271 Å². The van der Waals surface area contributed by atoms with Gasteiger partial charge in [-0.25, -0.2) is 13.2 Å². The average Bonchev–Trinajstić information content (AvgIpc) is 3.65. The number of thiophene rings is 1. The predicted octanol–water partition coefficient (Wildman–Crippen LogP) is 5.96. The lowest BCUT2D eigenvalue weighted by molar-refractivity contribution is 0.00914. The summed E-state index contributed by atoms with van der Waals surface area (Å²) in [5.41, 5.74) is 5.04. The van der Waals surface area contributed by atoms with Gasteiger partial charge in [0, 0.05) is 42.9 Å². The van der Waals surface area contributed by atoms with Crippen LogP contribution >= 0.6 is 22.9 Å². The number of benzene rings is 2. The van der Waals surface area contributed by atoms with E-state index in [1.165, 1.54) is 12.1 Å². The quantitative estimate of drug-likeness (QED) is 0.271. The lowest BCUT2D eigenvalue weighted by Crippen LogP contribution is -2.59. The fourth-order valence-corrected chi connectivity index (χ4v) is 9.38. The van der Waals surface area contributed by atoms with Gasteiger partial charge in [-0.05, 0) is 43.9 Å². The van der Waals surface area contributed by atoms with E-state index >= 15 is 4.39 Å². The molecular weight excluding hydrogens is 641 g/mol. The van der Waals surface area contributed by atoms with E-state index in [1.807, 2.05) is 18.0 Å². The number of aromatic nitrogens is 2. The molecule has 2 aromatic heterocycles. The number of halogens is 4. The molecular formula is C32H30ClF3N6O3S. The molecule has 3 aliphatic heterocycles. The molecule has 0 amide bonds. The molecule has 46 heavy (non-hydrogen) atoms. The minimum Gasteiger partial charge on any atom is -0.491 e. The number of alkyl halides is 1. The van der Waals surface area contributed by atoms with Gasteiger partial charge in [-0.2, -0.15) is 15.2 Å². The third kappa shape index (κ3) is 4.19. The Bertz CT molecular complexity index is 1980. The number of hydrogen-bond acceptors (Lipinski definition) is 10. The van der Waals surface area contributed by atoms with E-state index in [4.69, 9.17) is 31.8 Å². The summed E-state index contributed by atoms with van der Waals surface area (Å²) in [6, 6.07) is 4.49. The first-order valence-electron chi connectivity index (χ1n) is 15.3. The number of aliphatic hydroxyl groups excluding tert-OH is 1. The number of nitrogens with zero attached hydrogens (tertiary/aromatic N) is 5. The number of nitrogens with two attached hydrogens (primary N) is 1. The molecule has 8 rings (SSSR count). The van der Waals surface area contributed by atoms with E-state index in [1.54, 1.807) is 0 Å². The Morgan fingerprint density at radius 3 is 2.80 bits per heavy atom. The van der Waals surface area contributed by atoms with Crippen LogP contribution in [0.2, 0.25) is 5.02 Å². The van der Waals surface area contributed by atoms with Gasteiger partial charge in [0.25, 0.3) is 0 Å². The van der Waals surface area contributed by atoms with E-state index in [0.29, 0.717) is 38.0 Å². The molecule has 2 atom stereocenters. The Morgan fingerprint density at radius 1 is 1.24 bits per heavy atom. The fourth-order valence-electron chi connectivity index (χ4n) is 8.10. The molecule has 0 unspecified atom stereocenters. The first-order valence-corrected chi connectivity index (χ1v) is 16.5. The van der Waals surface area contributed by atoms with Gasteiger partial charge in [0.15, 0.2) is 11.6 Å². The maximum atomic E-state index is 17.1. The summed E-state index contributed by atoms with van der Waals surface area (Å²) < 4.78 is 59.1. The minimum atomic E-state index is -0.954. The van der Waals surface area contributed by atoms with E-state index in [2.05, 4.69) is 9.88 Å². The van der Waals surface area contributed by atoms with Gasteiger partial charge in [0.2, 0.25) is 0 Å². The van der Waals surface area contributed by atoms with Crippen LogP contribution in [0.1, 0.15) is 44.1 Å². The van der Waals surface area contributed by atoms with Crippen LogP contribution in [0.5, 0.6) is 11.8 Å². The molecule has 1 aliphatic carbocycles. The minimum absolute atomic E-state index is 0.0226. The Morgan fingerprint density at radius 2 is 2.04 bits per heavy atom. The summed E-state index contributed by atoms with van der Waals surface area (Å²) in [7, 11) is 1.84. The van der Waals surface area contributed by atoms with Crippen molar-refractivity contribution in [2.24, 2.45) is 0 Å². The van der Waals surface area contributed by atoms with Crippen LogP contribution in [0.3, 0.4) is 0 Å². The van der Waals surface area contributed by atoms with Gasteiger partial charge in [0.1, 0.15) is 41.0 Å². The molecule has 2 saturated heterocycles. The summed E-state index contributed by atoms with van der Waals surface area (Å²) >= 11 is 7.90. The highest BCUT2D eigenvalue weighted by atomic mass is 35.5. The van der Waals surface area contributed by atoms with Crippen molar-refractivity contribution >= 4 is 54.7 Å². The Hall–Kier alpha value is -3.57. The van der Waals surface area contributed by atoms with Crippen molar-refractivity contribution in [3.05, 3.63) is 34.4 Å². The average molecular weight is 671 g/mol. The lowest BCUT2D eigenvalue weighted by atomic mass is 9.71. The largest absolute Gasteiger partial charge is 0.491 e. The van der Waals surface area contributed by atoms with Gasteiger partial charge < -0.3 is 25.2 Å². The lowest BCUT2D eigenvalue weighted by Gasteiger charge is -2.52. The molecule has 3 fully saturated rings. The number of hydrogen-bond donors (Lipinski definition) is 2. The Kier molecular flexibility index (Phi) is 6.78. The van der Waals surface area contributed by atoms with Crippen LogP contribution in [-0.2, 0) is 0 Å². The summed E-state index contributed by atoms with van der Waals surface area (Å²) in [4.78, 5) is 13.4. The van der Waals surface area contributed by atoms with E-state index in [0.717, 1.165) is 30.7 Å². The van der Waals surface area contributed by atoms with Gasteiger partial charge >= 0.3 is 6.01 Å². The van der Waals surface area contributed by atoms with Crippen LogP contribution in [0.15, 0.2) is 12.1 Å². The number of nitrogen functional groups attached to an aromatic ring is 1. The van der Waals surface area contributed by atoms with Crippen molar-refractivity contribution < 1.29 is 27.8 Å². The highest BCUT2D eigenvalue weighted by Crippen LogP contribution is 2.53. The number of fused-ring (bicyclic) bond motifs is 2. The second kappa shape index (κ2) is 10.5. The van der Waals surface area contributed by atoms with Crippen molar-refractivity contribution in [2.75, 3.05) is 44.0 Å². The van der Waals surface area contributed by atoms with Crippen LogP contribution in [-0.4, -0.2) is 76.7 Å². The predicted molar refractivity (Wildman–Crippen MR) is 169 cm³/mol. The molecule has 4 aromatic rings. The zero-order valence-electron chi connectivity index (χ0n) is 24.9. The summed E-state index contributed by atoms with van der Waals surface area (Å²) in [5.74, 6) is -0.958. The van der Waals surface area contributed by atoms with Gasteiger partial charge in [-0.1, -0.05) is 17.7 Å². The number of ether oxygens (including phenoxy) is 2. The van der Waals surface area contributed by atoms with Crippen LogP contribution in [0.4, 0.5) is 24.0 Å². The topological polar surface area (TPSA) is 121 Å². The van der Waals surface area contributed by atoms with Gasteiger partial charge in [-0.3, -0.25) is 4.90 Å². The second-order valence-corrected chi connectivity index (χ2v) is 14.4. The first kappa shape index (κ1) is 29.8. The molecule has 9 nitrogen and oxygen atoms in total. The monoisotopic (exact) mass is 670 g/mol. The molecule has 0 radical (unpaired) electrons. The van der Waals surface area contributed by atoms with E-state index in [-0.39, 0.29) is 72.7 Å². The molecule has 0 bridgehead atoms. The smallest absolute Gasteiger partial charge is 0.319 e. The zero-order valence-corrected chi connectivity index (χ0v) is 26.5. The fraction of sp³-hybridized carbons (Fsp3) is 0.469. The van der Waals surface area contributed by atoms with Crippen molar-refractivity contribution in [2.45, 2.75) is 61.9 Å². The van der Waals surface area contributed by atoms with Crippen LogP contribution < -0.4 is 20.1 Å². The summed E-state index contributed by atoms with van der Waals surface area (Å²) in [6.45, 7) is 1.48. The molecule has 2 aromatic carbocycles. The normalized spacial score (nSPS) is 27.4. The SMILES string of the molecule is CN1c2nc(OC[C@@]34CCCN3C[C@H](F)C4)nc3c(F)c(-c4ccc(F)c5sc(N)c(C#N)c45)c(Cl)c(c23)OCCC12CC(O)C2. The molecule has 3 N–H and O–H groups in total. The highest BCUT2D eigenvalue weighted by molar-refractivity contribution is 7.23. The molecule has 240 valence electrons. The van der Waals surface area contributed by atoms with Gasteiger partial charge in [0.05, 0.1) is 38.9 Å².